The Hall–Kier alpha value is -2.21. The molecule has 6 heteroatoms. The van der Waals surface area contributed by atoms with Crippen molar-refractivity contribution in [1.82, 2.24) is 4.98 Å². The molecule has 4 nitrogen and oxygen atoms in total. The number of hydrogen-bond donors (Lipinski definition) is 2. The highest BCUT2D eigenvalue weighted by atomic mass is 32.1. The molecule has 104 valence electrons. The van der Waals surface area contributed by atoms with Gasteiger partial charge in [-0.1, -0.05) is 12.2 Å². The number of nitrogens with zero attached hydrogens (tertiary/aromatic N) is 1. The summed E-state index contributed by atoms with van der Waals surface area (Å²) in [6, 6.07) is 8.09. The third-order valence-electron chi connectivity index (χ3n) is 2.66. The number of ether oxygens (including phenoxy) is 1. The van der Waals surface area contributed by atoms with Gasteiger partial charge >= 0.3 is 0 Å². The van der Waals surface area contributed by atoms with Crippen molar-refractivity contribution in [2.24, 2.45) is 5.73 Å². The molecule has 2 rings (SSSR count). The van der Waals surface area contributed by atoms with Gasteiger partial charge in [-0.2, -0.15) is 0 Å². The van der Waals surface area contributed by atoms with Crippen LogP contribution in [0, 0.1) is 12.7 Å². The lowest BCUT2D eigenvalue weighted by Crippen LogP contribution is -2.10. The van der Waals surface area contributed by atoms with Gasteiger partial charge in [0.05, 0.1) is 7.11 Å². The summed E-state index contributed by atoms with van der Waals surface area (Å²) in [5.41, 5.74) is 7.65. The van der Waals surface area contributed by atoms with E-state index in [4.69, 9.17) is 22.7 Å². The highest BCUT2D eigenvalue weighted by Gasteiger charge is 2.06. The number of aromatic nitrogens is 1. The number of aryl methyl sites for hydroxylation is 1. The van der Waals surface area contributed by atoms with Crippen molar-refractivity contribution < 1.29 is 9.13 Å². The van der Waals surface area contributed by atoms with Gasteiger partial charge in [0, 0.05) is 23.0 Å². The maximum Gasteiger partial charge on any atom is 0.167 e. The molecule has 0 aliphatic carbocycles. The van der Waals surface area contributed by atoms with Gasteiger partial charge in [-0.15, -0.1) is 0 Å². The fourth-order valence-electron chi connectivity index (χ4n) is 1.77. The highest BCUT2D eigenvalue weighted by Crippen LogP contribution is 2.23. The quantitative estimate of drug-likeness (QED) is 0.848. The molecular weight excluding hydrogens is 277 g/mol. The molecule has 0 atom stereocenters. The van der Waals surface area contributed by atoms with Crippen LogP contribution in [0.1, 0.15) is 11.3 Å². The van der Waals surface area contributed by atoms with Gasteiger partial charge in [0.15, 0.2) is 11.6 Å². The maximum absolute atomic E-state index is 13.6. The average Bonchev–Trinajstić information content (AvgIpc) is 2.38. The van der Waals surface area contributed by atoms with Gasteiger partial charge < -0.3 is 15.8 Å². The predicted molar refractivity (Wildman–Crippen MR) is 81.1 cm³/mol. The molecule has 0 aliphatic rings. The Kier molecular flexibility index (Phi) is 4.14. The predicted octanol–water partition coefficient (Wildman–Crippen LogP) is 2.92. The van der Waals surface area contributed by atoms with Crippen LogP contribution in [0.2, 0.25) is 0 Å². The monoisotopic (exact) mass is 291 g/mol. The van der Waals surface area contributed by atoms with Crippen LogP contribution in [0.3, 0.4) is 0 Å². The number of thiocarbonyl (C=S) groups is 1. The number of halogens is 1. The summed E-state index contributed by atoms with van der Waals surface area (Å²) in [7, 11) is 1.42. The van der Waals surface area contributed by atoms with E-state index in [9.17, 15) is 4.39 Å². The van der Waals surface area contributed by atoms with E-state index in [1.807, 2.05) is 6.92 Å². The van der Waals surface area contributed by atoms with E-state index in [1.54, 1.807) is 24.3 Å². The fraction of sp³-hybridized carbons (Fsp3) is 0.143. The van der Waals surface area contributed by atoms with E-state index >= 15 is 0 Å². The molecule has 0 amide bonds. The van der Waals surface area contributed by atoms with E-state index in [0.717, 1.165) is 5.69 Å². The molecule has 0 spiro atoms. The van der Waals surface area contributed by atoms with E-state index in [1.165, 1.54) is 13.2 Å². The van der Waals surface area contributed by atoms with Crippen molar-refractivity contribution in [1.29, 1.82) is 0 Å². The molecule has 0 radical (unpaired) electrons. The minimum atomic E-state index is -0.445. The zero-order valence-corrected chi connectivity index (χ0v) is 11.9. The van der Waals surface area contributed by atoms with Crippen LogP contribution in [0.5, 0.6) is 5.75 Å². The van der Waals surface area contributed by atoms with Gasteiger partial charge in [0.1, 0.15) is 10.8 Å². The second-order valence-electron chi connectivity index (χ2n) is 4.22. The molecule has 0 saturated heterocycles. The first-order chi connectivity index (χ1) is 9.49. The summed E-state index contributed by atoms with van der Waals surface area (Å²) in [5.74, 6) is 0.300. The Labute approximate surface area is 121 Å². The molecule has 20 heavy (non-hydrogen) atoms. The summed E-state index contributed by atoms with van der Waals surface area (Å²) < 4.78 is 18.5. The van der Waals surface area contributed by atoms with Crippen LogP contribution in [0.4, 0.5) is 15.9 Å². The zero-order chi connectivity index (χ0) is 14.7. The van der Waals surface area contributed by atoms with E-state index in [-0.39, 0.29) is 5.75 Å². The van der Waals surface area contributed by atoms with Crippen LogP contribution in [0.25, 0.3) is 0 Å². The SMILES string of the molecule is COc1ccc(Nc2cc(C(N)=S)cc(C)n2)cc1F. The van der Waals surface area contributed by atoms with Crippen LogP contribution < -0.4 is 15.8 Å². The number of pyridine rings is 1. The number of rotatable bonds is 4. The minimum Gasteiger partial charge on any atom is -0.494 e. The topological polar surface area (TPSA) is 60.2 Å². The van der Waals surface area contributed by atoms with Gasteiger partial charge in [0.25, 0.3) is 0 Å². The lowest BCUT2D eigenvalue weighted by molar-refractivity contribution is 0.386. The minimum absolute atomic E-state index is 0.191. The first-order valence-electron chi connectivity index (χ1n) is 5.88. The maximum atomic E-state index is 13.6. The molecule has 0 saturated carbocycles. The summed E-state index contributed by atoms with van der Waals surface area (Å²) >= 11 is 4.95. The number of hydrogen-bond acceptors (Lipinski definition) is 4. The van der Waals surface area contributed by atoms with Crippen LogP contribution in [0.15, 0.2) is 30.3 Å². The summed E-state index contributed by atoms with van der Waals surface area (Å²) in [6.07, 6.45) is 0. The number of anilines is 2. The molecule has 2 aromatic rings. The fourth-order valence-corrected chi connectivity index (χ4v) is 1.88. The van der Waals surface area contributed by atoms with Gasteiger partial charge in [-0.3, -0.25) is 0 Å². The second-order valence-corrected chi connectivity index (χ2v) is 4.66. The first kappa shape index (κ1) is 14.2. The van der Waals surface area contributed by atoms with Gasteiger partial charge in [0.2, 0.25) is 0 Å². The van der Waals surface area contributed by atoms with Crippen molar-refractivity contribution in [3.63, 3.8) is 0 Å². The lowest BCUT2D eigenvalue weighted by atomic mass is 10.2. The molecule has 3 N–H and O–H groups in total. The van der Waals surface area contributed by atoms with Crippen molar-refractivity contribution in [2.45, 2.75) is 6.92 Å². The Bertz CT molecular complexity index is 661. The Morgan fingerprint density at radius 3 is 2.70 bits per heavy atom. The Morgan fingerprint density at radius 1 is 1.35 bits per heavy atom. The lowest BCUT2D eigenvalue weighted by Gasteiger charge is -2.10. The Balaban J connectivity index is 2.30. The van der Waals surface area contributed by atoms with Crippen molar-refractivity contribution in [3.05, 3.63) is 47.4 Å². The second kappa shape index (κ2) is 5.83. The van der Waals surface area contributed by atoms with E-state index in [2.05, 4.69) is 10.3 Å². The molecule has 0 fully saturated rings. The number of nitrogens with two attached hydrogens (primary N) is 1. The largest absolute Gasteiger partial charge is 0.494 e. The number of benzene rings is 1. The standard InChI is InChI=1S/C14H14FN3OS/c1-8-5-9(14(16)20)6-13(17-8)18-10-3-4-12(19-2)11(15)7-10/h3-7H,1-2H3,(H2,16,20)(H,17,18). The van der Waals surface area contributed by atoms with Crippen molar-refractivity contribution in [3.8, 4) is 5.75 Å². The molecule has 0 unspecified atom stereocenters. The smallest absolute Gasteiger partial charge is 0.167 e. The number of nitrogens with one attached hydrogen (secondary N) is 1. The average molecular weight is 291 g/mol. The van der Waals surface area contributed by atoms with Gasteiger partial charge in [-0.25, -0.2) is 9.37 Å². The molecular formula is C14H14FN3OS. The highest BCUT2D eigenvalue weighted by molar-refractivity contribution is 7.80. The molecule has 1 aromatic carbocycles. The van der Waals surface area contributed by atoms with E-state index < -0.39 is 5.82 Å². The summed E-state index contributed by atoms with van der Waals surface area (Å²) in [4.78, 5) is 4.59. The van der Waals surface area contributed by atoms with Crippen LogP contribution in [-0.4, -0.2) is 17.1 Å². The summed E-state index contributed by atoms with van der Waals surface area (Å²) in [5, 5.41) is 3.01. The molecule has 1 heterocycles. The third kappa shape index (κ3) is 3.21. The molecule has 0 aliphatic heterocycles. The molecule has 1 aromatic heterocycles. The van der Waals surface area contributed by atoms with Crippen molar-refractivity contribution in [2.75, 3.05) is 12.4 Å². The molecule has 0 bridgehead atoms. The van der Waals surface area contributed by atoms with E-state index in [0.29, 0.717) is 22.1 Å². The van der Waals surface area contributed by atoms with Crippen LogP contribution >= 0.6 is 12.2 Å². The normalized spacial score (nSPS) is 10.2. The first-order valence-corrected chi connectivity index (χ1v) is 6.29. The van der Waals surface area contributed by atoms with Crippen LogP contribution in [-0.2, 0) is 0 Å². The number of methoxy groups -OCH3 is 1. The van der Waals surface area contributed by atoms with Crippen molar-refractivity contribution >= 4 is 28.7 Å². The summed E-state index contributed by atoms with van der Waals surface area (Å²) in [6.45, 7) is 1.83. The zero-order valence-electron chi connectivity index (χ0n) is 11.1. The third-order valence-corrected chi connectivity index (χ3v) is 2.90. The Morgan fingerprint density at radius 2 is 2.10 bits per heavy atom. The van der Waals surface area contributed by atoms with Gasteiger partial charge in [-0.05, 0) is 31.2 Å².